The molecular weight excluding hydrogens is 252 g/mol. The molecule has 0 saturated carbocycles. The van der Waals surface area contributed by atoms with Gasteiger partial charge >= 0.3 is 0 Å². The molecule has 0 radical (unpaired) electrons. The molecule has 1 amide bonds. The van der Waals surface area contributed by atoms with Crippen LogP contribution >= 0.6 is 0 Å². The van der Waals surface area contributed by atoms with Crippen molar-refractivity contribution in [3.63, 3.8) is 0 Å². The number of carbonyl (C=O) groups excluding carboxylic acids is 1. The van der Waals surface area contributed by atoms with Crippen molar-refractivity contribution in [3.8, 4) is 0 Å². The highest BCUT2D eigenvalue weighted by Crippen LogP contribution is 2.13. The molecular formula is C15H20N4O. The first-order valence-corrected chi connectivity index (χ1v) is 6.83. The van der Waals surface area contributed by atoms with Crippen LogP contribution < -0.4 is 0 Å². The SMILES string of the molecule is CCN(CCc1ccncc1)C(=O)c1c(C)n[nH]c1C. The van der Waals surface area contributed by atoms with E-state index in [1.165, 1.54) is 5.56 Å². The van der Waals surface area contributed by atoms with Gasteiger partial charge in [0.1, 0.15) is 0 Å². The largest absolute Gasteiger partial charge is 0.338 e. The number of nitrogens with one attached hydrogen (secondary N) is 1. The number of nitrogens with zero attached hydrogens (tertiary/aromatic N) is 3. The van der Waals surface area contributed by atoms with E-state index in [9.17, 15) is 4.79 Å². The van der Waals surface area contributed by atoms with Crippen LogP contribution in [0.25, 0.3) is 0 Å². The van der Waals surface area contributed by atoms with Gasteiger partial charge in [-0.3, -0.25) is 14.9 Å². The molecule has 2 heterocycles. The van der Waals surface area contributed by atoms with Crippen molar-refractivity contribution in [3.05, 3.63) is 47.0 Å². The molecule has 0 bridgehead atoms. The molecule has 5 nitrogen and oxygen atoms in total. The summed E-state index contributed by atoms with van der Waals surface area (Å²) in [6, 6.07) is 3.96. The number of H-pyrrole nitrogens is 1. The van der Waals surface area contributed by atoms with E-state index < -0.39 is 0 Å². The molecule has 2 rings (SSSR count). The first-order chi connectivity index (χ1) is 9.63. The van der Waals surface area contributed by atoms with Gasteiger partial charge < -0.3 is 4.90 Å². The maximum Gasteiger partial charge on any atom is 0.257 e. The first-order valence-electron chi connectivity index (χ1n) is 6.83. The minimum Gasteiger partial charge on any atom is -0.338 e. The van der Waals surface area contributed by atoms with Crippen LogP contribution in [0.1, 0.15) is 34.2 Å². The lowest BCUT2D eigenvalue weighted by Crippen LogP contribution is -2.33. The quantitative estimate of drug-likeness (QED) is 0.907. The van der Waals surface area contributed by atoms with Crippen LogP contribution in [0, 0.1) is 13.8 Å². The lowest BCUT2D eigenvalue weighted by atomic mass is 10.1. The summed E-state index contributed by atoms with van der Waals surface area (Å²) in [5.41, 5.74) is 3.47. The summed E-state index contributed by atoms with van der Waals surface area (Å²) < 4.78 is 0. The minimum atomic E-state index is 0.0466. The number of rotatable bonds is 5. The van der Waals surface area contributed by atoms with Gasteiger partial charge in [-0.1, -0.05) is 0 Å². The van der Waals surface area contributed by atoms with Crippen molar-refractivity contribution < 1.29 is 4.79 Å². The number of carbonyl (C=O) groups is 1. The second kappa shape index (κ2) is 6.32. The molecule has 0 saturated heterocycles. The predicted molar refractivity (Wildman–Crippen MR) is 77.6 cm³/mol. The molecule has 2 aromatic heterocycles. The highest BCUT2D eigenvalue weighted by atomic mass is 16.2. The Balaban J connectivity index is 2.07. The first kappa shape index (κ1) is 14.2. The minimum absolute atomic E-state index is 0.0466. The number of aryl methyl sites for hydroxylation is 2. The Morgan fingerprint density at radius 1 is 1.30 bits per heavy atom. The molecule has 0 unspecified atom stereocenters. The monoisotopic (exact) mass is 272 g/mol. The smallest absolute Gasteiger partial charge is 0.257 e. The Morgan fingerprint density at radius 2 is 2.00 bits per heavy atom. The summed E-state index contributed by atoms with van der Waals surface area (Å²) >= 11 is 0. The van der Waals surface area contributed by atoms with Crippen LogP contribution in [0.5, 0.6) is 0 Å². The van der Waals surface area contributed by atoms with E-state index >= 15 is 0 Å². The van der Waals surface area contributed by atoms with Gasteiger partial charge in [-0.25, -0.2) is 0 Å². The highest BCUT2D eigenvalue weighted by Gasteiger charge is 2.20. The van der Waals surface area contributed by atoms with Gasteiger partial charge in [0.2, 0.25) is 0 Å². The molecule has 0 atom stereocenters. The highest BCUT2D eigenvalue weighted by molar-refractivity contribution is 5.96. The zero-order valence-corrected chi connectivity index (χ0v) is 12.2. The van der Waals surface area contributed by atoms with E-state index in [1.807, 2.05) is 37.8 Å². The number of hydrogen-bond donors (Lipinski definition) is 1. The van der Waals surface area contributed by atoms with E-state index in [0.717, 1.165) is 17.8 Å². The van der Waals surface area contributed by atoms with Crippen LogP contribution in [0.3, 0.4) is 0 Å². The summed E-state index contributed by atoms with van der Waals surface area (Å²) in [5.74, 6) is 0.0466. The summed E-state index contributed by atoms with van der Waals surface area (Å²) in [5, 5.41) is 6.96. The number of aromatic amines is 1. The van der Waals surface area contributed by atoms with Gasteiger partial charge in [0.25, 0.3) is 5.91 Å². The number of likely N-dealkylation sites (N-methyl/N-ethyl adjacent to an activating group) is 1. The third-order valence-corrected chi connectivity index (χ3v) is 3.43. The average Bonchev–Trinajstić information content (AvgIpc) is 2.79. The topological polar surface area (TPSA) is 61.9 Å². The van der Waals surface area contributed by atoms with Gasteiger partial charge in [0.15, 0.2) is 0 Å². The Labute approximate surface area is 119 Å². The fourth-order valence-electron chi connectivity index (χ4n) is 2.24. The van der Waals surface area contributed by atoms with Crippen molar-refractivity contribution in [1.29, 1.82) is 0 Å². The van der Waals surface area contributed by atoms with Gasteiger partial charge in [-0.2, -0.15) is 5.10 Å². The van der Waals surface area contributed by atoms with Gasteiger partial charge in [0.05, 0.1) is 11.3 Å². The van der Waals surface area contributed by atoms with Crippen molar-refractivity contribution in [2.75, 3.05) is 13.1 Å². The second-order valence-corrected chi connectivity index (χ2v) is 4.80. The molecule has 0 aromatic carbocycles. The molecule has 1 N–H and O–H groups in total. The molecule has 0 spiro atoms. The molecule has 0 aliphatic carbocycles. The van der Waals surface area contributed by atoms with E-state index in [-0.39, 0.29) is 5.91 Å². The lowest BCUT2D eigenvalue weighted by Gasteiger charge is -2.21. The average molecular weight is 272 g/mol. The zero-order chi connectivity index (χ0) is 14.5. The summed E-state index contributed by atoms with van der Waals surface area (Å²) in [6.07, 6.45) is 4.38. The number of pyridine rings is 1. The van der Waals surface area contributed by atoms with Crippen molar-refractivity contribution in [2.24, 2.45) is 0 Å². The maximum absolute atomic E-state index is 12.6. The Kier molecular flexibility index (Phi) is 4.50. The molecule has 106 valence electrons. The third kappa shape index (κ3) is 3.04. The van der Waals surface area contributed by atoms with Crippen LogP contribution in [-0.4, -0.2) is 39.1 Å². The van der Waals surface area contributed by atoms with Crippen LogP contribution in [0.2, 0.25) is 0 Å². The lowest BCUT2D eigenvalue weighted by molar-refractivity contribution is 0.0765. The van der Waals surface area contributed by atoms with Crippen LogP contribution in [0.15, 0.2) is 24.5 Å². The fourth-order valence-corrected chi connectivity index (χ4v) is 2.24. The van der Waals surface area contributed by atoms with E-state index in [1.54, 1.807) is 12.4 Å². The zero-order valence-electron chi connectivity index (χ0n) is 12.2. The third-order valence-electron chi connectivity index (χ3n) is 3.43. The number of aromatic nitrogens is 3. The standard InChI is InChI=1S/C15H20N4O/c1-4-19(10-7-13-5-8-16-9-6-13)15(20)14-11(2)17-18-12(14)3/h5-6,8-9H,4,7,10H2,1-3H3,(H,17,18). The van der Waals surface area contributed by atoms with E-state index in [2.05, 4.69) is 15.2 Å². The molecule has 0 fully saturated rings. The van der Waals surface area contributed by atoms with Gasteiger partial charge in [0, 0.05) is 31.2 Å². The fraction of sp³-hybridized carbons (Fsp3) is 0.400. The van der Waals surface area contributed by atoms with Gasteiger partial charge in [-0.05, 0) is 44.9 Å². The summed E-state index contributed by atoms with van der Waals surface area (Å²) in [6.45, 7) is 7.12. The van der Waals surface area contributed by atoms with E-state index in [4.69, 9.17) is 0 Å². The Bertz CT molecular complexity index is 557. The Morgan fingerprint density at radius 3 is 2.55 bits per heavy atom. The van der Waals surface area contributed by atoms with Gasteiger partial charge in [-0.15, -0.1) is 0 Å². The summed E-state index contributed by atoms with van der Waals surface area (Å²) in [7, 11) is 0. The molecule has 0 aliphatic heterocycles. The maximum atomic E-state index is 12.6. The number of amides is 1. The summed E-state index contributed by atoms with van der Waals surface area (Å²) in [4.78, 5) is 18.4. The molecule has 0 aliphatic rings. The van der Waals surface area contributed by atoms with E-state index in [0.29, 0.717) is 18.7 Å². The van der Waals surface area contributed by atoms with Crippen LogP contribution in [-0.2, 0) is 6.42 Å². The second-order valence-electron chi connectivity index (χ2n) is 4.80. The molecule has 2 aromatic rings. The van der Waals surface area contributed by atoms with Crippen molar-refractivity contribution in [1.82, 2.24) is 20.1 Å². The van der Waals surface area contributed by atoms with Crippen molar-refractivity contribution in [2.45, 2.75) is 27.2 Å². The van der Waals surface area contributed by atoms with Crippen molar-refractivity contribution >= 4 is 5.91 Å². The normalized spacial score (nSPS) is 10.6. The molecule has 20 heavy (non-hydrogen) atoms. The van der Waals surface area contributed by atoms with Crippen LogP contribution in [0.4, 0.5) is 0 Å². The Hall–Kier alpha value is -2.17. The molecule has 5 heteroatoms. The predicted octanol–water partition coefficient (Wildman–Crippen LogP) is 2.13. The number of hydrogen-bond acceptors (Lipinski definition) is 3.